The Balaban J connectivity index is 1.83. The third-order valence-electron chi connectivity index (χ3n) is 4.76. The molecule has 1 atom stereocenters. The van der Waals surface area contributed by atoms with Crippen LogP contribution in [0, 0.1) is 5.41 Å². The third-order valence-corrected chi connectivity index (χ3v) is 5.01. The van der Waals surface area contributed by atoms with Crippen molar-refractivity contribution in [2.24, 2.45) is 11.1 Å². The first-order valence-corrected chi connectivity index (χ1v) is 8.50. The van der Waals surface area contributed by atoms with E-state index in [9.17, 15) is 4.79 Å². The molecule has 1 fully saturated rings. The van der Waals surface area contributed by atoms with Crippen molar-refractivity contribution < 1.29 is 4.79 Å². The van der Waals surface area contributed by atoms with Crippen molar-refractivity contribution in [3.8, 4) is 11.1 Å². The number of carbonyl (C=O) groups excluding carboxylic acids is 1. The van der Waals surface area contributed by atoms with Gasteiger partial charge in [0, 0.05) is 42.1 Å². The summed E-state index contributed by atoms with van der Waals surface area (Å²) in [4.78, 5) is 19.0. The van der Waals surface area contributed by atoms with Crippen molar-refractivity contribution in [3.63, 3.8) is 0 Å². The van der Waals surface area contributed by atoms with E-state index in [0.717, 1.165) is 17.5 Å². The van der Waals surface area contributed by atoms with Crippen LogP contribution in [0.15, 0.2) is 42.7 Å². The molecule has 2 N–H and O–H groups in total. The number of nitrogens with two attached hydrogens (primary N) is 1. The molecule has 1 saturated heterocycles. The van der Waals surface area contributed by atoms with Gasteiger partial charge in [0.15, 0.2) is 0 Å². The minimum atomic E-state index is -0.0743. The number of pyridine rings is 1. The van der Waals surface area contributed by atoms with Crippen molar-refractivity contribution >= 4 is 17.5 Å². The van der Waals surface area contributed by atoms with E-state index in [1.165, 1.54) is 0 Å². The summed E-state index contributed by atoms with van der Waals surface area (Å²) in [6.07, 6.45) is 4.21. The number of nitrogens with zero attached hydrogens (tertiary/aromatic N) is 2. The highest BCUT2D eigenvalue weighted by Gasteiger charge is 2.35. The number of benzene rings is 1. The lowest BCUT2D eigenvalue weighted by molar-refractivity contribution is 0.0532. The van der Waals surface area contributed by atoms with Crippen LogP contribution in [0.4, 0.5) is 0 Å². The number of aromatic nitrogens is 1. The molecule has 3 rings (SSSR count). The summed E-state index contributed by atoms with van der Waals surface area (Å²) in [5.41, 5.74) is 8.59. The maximum Gasteiger partial charge on any atom is 0.255 e. The Labute approximate surface area is 147 Å². The van der Waals surface area contributed by atoms with Crippen molar-refractivity contribution in [2.45, 2.75) is 26.3 Å². The number of likely N-dealkylation sites (tertiary alicyclic amines) is 1. The van der Waals surface area contributed by atoms with E-state index >= 15 is 0 Å². The van der Waals surface area contributed by atoms with E-state index in [2.05, 4.69) is 18.8 Å². The van der Waals surface area contributed by atoms with E-state index in [4.69, 9.17) is 17.3 Å². The monoisotopic (exact) mass is 343 g/mol. The topological polar surface area (TPSA) is 59.2 Å². The fraction of sp³-hybridized carbons (Fsp3) is 0.368. The van der Waals surface area contributed by atoms with Crippen LogP contribution >= 0.6 is 11.6 Å². The van der Waals surface area contributed by atoms with Gasteiger partial charge in [0.25, 0.3) is 5.91 Å². The Hall–Kier alpha value is -1.91. The maximum absolute atomic E-state index is 12.9. The number of rotatable bonds is 2. The lowest BCUT2D eigenvalue weighted by Gasteiger charge is -2.42. The Morgan fingerprint density at radius 1 is 1.25 bits per heavy atom. The molecule has 0 saturated carbocycles. The van der Waals surface area contributed by atoms with Gasteiger partial charge in [-0.25, -0.2) is 0 Å². The predicted octanol–water partition coefficient (Wildman–Crippen LogP) is 3.60. The van der Waals surface area contributed by atoms with Gasteiger partial charge in [0.2, 0.25) is 0 Å². The second-order valence-corrected chi connectivity index (χ2v) is 7.52. The molecule has 1 aliphatic rings. The zero-order valence-electron chi connectivity index (χ0n) is 14.0. The van der Waals surface area contributed by atoms with E-state index in [-0.39, 0.29) is 17.4 Å². The highest BCUT2D eigenvalue weighted by atomic mass is 35.5. The van der Waals surface area contributed by atoms with Gasteiger partial charge in [0.05, 0.1) is 5.56 Å². The first-order chi connectivity index (χ1) is 11.4. The van der Waals surface area contributed by atoms with E-state index in [0.29, 0.717) is 23.7 Å². The normalized spacial score (nSPS) is 20.0. The molecular weight excluding hydrogens is 322 g/mol. The Morgan fingerprint density at radius 2 is 1.96 bits per heavy atom. The molecule has 0 aliphatic carbocycles. The van der Waals surface area contributed by atoms with Gasteiger partial charge in [-0.15, -0.1) is 0 Å². The zero-order chi connectivity index (χ0) is 17.3. The largest absolute Gasteiger partial charge is 0.338 e. The minimum absolute atomic E-state index is 0.0123. The quantitative estimate of drug-likeness (QED) is 0.906. The van der Waals surface area contributed by atoms with Crippen LogP contribution in [0.5, 0.6) is 0 Å². The summed E-state index contributed by atoms with van der Waals surface area (Å²) >= 11 is 5.93. The molecular formula is C19H22ClN3O. The lowest BCUT2D eigenvalue weighted by atomic mass is 9.79. The fourth-order valence-corrected chi connectivity index (χ4v) is 3.21. The Bertz CT molecular complexity index is 743. The average molecular weight is 344 g/mol. The number of halogens is 1. The van der Waals surface area contributed by atoms with Gasteiger partial charge < -0.3 is 10.6 Å². The first kappa shape index (κ1) is 16.9. The van der Waals surface area contributed by atoms with Gasteiger partial charge in [-0.1, -0.05) is 37.6 Å². The summed E-state index contributed by atoms with van der Waals surface area (Å²) in [7, 11) is 0. The van der Waals surface area contributed by atoms with Crippen molar-refractivity contribution in [1.82, 2.24) is 9.88 Å². The van der Waals surface area contributed by atoms with Crippen LogP contribution in [0.1, 0.15) is 30.6 Å². The van der Waals surface area contributed by atoms with Gasteiger partial charge in [-0.05, 0) is 35.6 Å². The zero-order valence-corrected chi connectivity index (χ0v) is 14.8. The molecule has 0 radical (unpaired) electrons. The van der Waals surface area contributed by atoms with E-state index in [1.54, 1.807) is 12.4 Å². The van der Waals surface area contributed by atoms with Gasteiger partial charge >= 0.3 is 0 Å². The van der Waals surface area contributed by atoms with Crippen LogP contribution in [0.25, 0.3) is 11.1 Å². The molecule has 2 aromatic rings. The standard InChI is InChI=1S/C19H22ClN3O/c1-19(2)12-23(8-7-17(19)21)18(24)15-9-14(10-22-11-15)13-3-5-16(20)6-4-13/h3-6,9-11,17H,7-8,12,21H2,1-2H3. The van der Waals surface area contributed by atoms with Crippen molar-refractivity contribution in [2.75, 3.05) is 13.1 Å². The molecule has 0 spiro atoms. The van der Waals surface area contributed by atoms with E-state index in [1.807, 2.05) is 35.2 Å². The van der Waals surface area contributed by atoms with Crippen LogP contribution in [-0.4, -0.2) is 34.9 Å². The van der Waals surface area contributed by atoms with Gasteiger partial charge in [-0.2, -0.15) is 0 Å². The molecule has 1 aromatic heterocycles. The second-order valence-electron chi connectivity index (χ2n) is 7.08. The SMILES string of the molecule is CC1(C)CN(C(=O)c2cncc(-c3ccc(Cl)cc3)c2)CCC1N. The summed E-state index contributed by atoms with van der Waals surface area (Å²) in [6.45, 7) is 5.58. The van der Waals surface area contributed by atoms with Crippen molar-refractivity contribution in [1.29, 1.82) is 0 Å². The third kappa shape index (κ3) is 3.45. The molecule has 24 heavy (non-hydrogen) atoms. The van der Waals surface area contributed by atoms with Crippen molar-refractivity contribution in [3.05, 3.63) is 53.3 Å². The van der Waals surface area contributed by atoms with Gasteiger partial charge in [-0.3, -0.25) is 9.78 Å². The van der Waals surface area contributed by atoms with Crippen LogP contribution < -0.4 is 5.73 Å². The molecule has 1 aliphatic heterocycles. The van der Waals surface area contributed by atoms with Crippen LogP contribution in [0.3, 0.4) is 0 Å². The highest BCUT2D eigenvalue weighted by Crippen LogP contribution is 2.29. The molecule has 4 nitrogen and oxygen atoms in total. The van der Waals surface area contributed by atoms with Crippen LogP contribution in [-0.2, 0) is 0 Å². The first-order valence-electron chi connectivity index (χ1n) is 8.13. The number of hydrogen-bond acceptors (Lipinski definition) is 3. The summed E-state index contributed by atoms with van der Waals surface area (Å²) in [6, 6.07) is 9.54. The van der Waals surface area contributed by atoms with Gasteiger partial charge in [0.1, 0.15) is 0 Å². The number of piperidine rings is 1. The van der Waals surface area contributed by atoms with Crippen LogP contribution in [0.2, 0.25) is 5.02 Å². The number of carbonyl (C=O) groups is 1. The smallest absolute Gasteiger partial charge is 0.255 e. The number of amides is 1. The predicted molar refractivity (Wildman–Crippen MR) is 97.0 cm³/mol. The minimum Gasteiger partial charge on any atom is -0.338 e. The summed E-state index contributed by atoms with van der Waals surface area (Å²) in [5.74, 6) is 0.0123. The number of hydrogen-bond donors (Lipinski definition) is 1. The molecule has 126 valence electrons. The average Bonchev–Trinajstić information content (AvgIpc) is 2.57. The lowest BCUT2D eigenvalue weighted by Crippen LogP contribution is -2.54. The second kappa shape index (κ2) is 6.54. The Kier molecular flexibility index (Phi) is 4.61. The van der Waals surface area contributed by atoms with E-state index < -0.39 is 0 Å². The molecule has 1 unspecified atom stereocenters. The molecule has 5 heteroatoms. The summed E-state index contributed by atoms with van der Waals surface area (Å²) in [5, 5.41) is 0.686. The maximum atomic E-state index is 12.9. The molecule has 0 bridgehead atoms. The fourth-order valence-electron chi connectivity index (χ4n) is 3.09. The summed E-state index contributed by atoms with van der Waals surface area (Å²) < 4.78 is 0. The molecule has 1 aromatic carbocycles. The molecule has 2 heterocycles. The molecule has 1 amide bonds. The Morgan fingerprint density at radius 3 is 2.62 bits per heavy atom. The highest BCUT2D eigenvalue weighted by molar-refractivity contribution is 6.30.